The molecule has 1 rings (SSSR count). The van der Waals surface area contributed by atoms with Crippen LogP contribution in [0, 0.1) is 0 Å². The summed E-state index contributed by atoms with van der Waals surface area (Å²) < 4.78 is 6.48. The van der Waals surface area contributed by atoms with E-state index in [0.29, 0.717) is 19.0 Å². The zero-order valence-electron chi connectivity index (χ0n) is 9.50. The first kappa shape index (κ1) is 13.0. The number of carbonyl (C=O) groups is 2. The fourth-order valence-corrected chi connectivity index (χ4v) is 1.26. The molecule has 1 aromatic rings. The van der Waals surface area contributed by atoms with Crippen molar-refractivity contribution < 1.29 is 19.4 Å². The Kier molecular flexibility index (Phi) is 4.93. The van der Waals surface area contributed by atoms with Gasteiger partial charge in [0.05, 0.1) is 13.0 Å². The van der Waals surface area contributed by atoms with Crippen LogP contribution in [-0.2, 0) is 20.9 Å². The topological polar surface area (TPSA) is 81.4 Å². The standard InChI is InChI=1S/C11H14N2O4/c1-2-17-11(16)5-7-13-8-6-12-9(13)3-4-10(14)15/h3-4,6,8H,2,5,7H2,1H3,(H,14,15). The number of rotatable bonds is 6. The van der Waals surface area contributed by atoms with Crippen molar-refractivity contribution in [2.45, 2.75) is 19.9 Å². The molecule has 0 bridgehead atoms. The average molecular weight is 238 g/mol. The Hall–Kier alpha value is -2.11. The third kappa shape index (κ3) is 4.50. The van der Waals surface area contributed by atoms with Crippen molar-refractivity contribution in [1.29, 1.82) is 0 Å². The van der Waals surface area contributed by atoms with E-state index in [9.17, 15) is 9.59 Å². The van der Waals surface area contributed by atoms with Gasteiger partial charge in [-0.05, 0) is 13.0 Å². The minimum atomic E-state index is -1.04. The van der Waals surface area contributed by atoms with Crippen molar-refractivity contribution in [1.82, 2.24) is 9.55 Å². The lowest BCUT2D eigenvalue weighted by molar-refractivity contribution is -0.143. The van der Waals surface area contributed by atoms with Gasteiger partial charge in [-0.15, -0.1) is 0 Å². The molecule has 1 aromatic heterocycles. The van der Waals surface area contributed by atoms with E-state index in [1.807, 2.05) is 0 Å². The minimum absolute atomic E-state index is 0.234. The van der Waals surface area contributed by atoms with E-state index < -0.39 is 5.97 Å². The quantitative estimate of drug-likeness (QED) is 0.589. The molecule has 17 heavy (non-hydrogen) atoms. The fraction of sp³-hybridized carbons (Fsp3) is 0.364. The van der Waals surface area contributed by atoms with E-state index in [1.165, 1.54) is 6.08 Å². The first-order valence-electron chi connectivity index (χ1n) is 5.21. The van der Waals surface area contributed by atoms with Gasteiger partial charge < -0.3 is 14.4 Å². The van der Waals surface area contributed by atoms with Crippen LogP contribution >= 0.6 is 0 Å². The molecular weight excluding hydrogens is 224 g/mol. The molecule has 6 heteroatoms. The van der Waals surface area contributed by atoms with E-state index in [0.717, 1.165) is 6.08 Å². The van der Waals surface area contributed by atoms with Crippen LogP contribution in [0.15, 0.2) is 18.5 Å². The SMILES string of the molecule is CCOC(=O)CCn1ccnc1C=CC(=O)O. The Balaban J connectivity index is 2.57. The number of aryl methyl sites for hydroxylation is 1. The number of hydrogen-bond donors (Lipinski definition) is 1. The van der Waals surface area contributed by atoms with Crippen LogP contribution in [0.25, 0.3) is 6.08 Å². The van der Waals surface area contributed by atoms with Gasteiger partial charge >= 0.3 is 11.9 Å². The molecule has 0 aromatic carbocycles. The molecule has 0 saturated heterocycles. The normalized spacial score (nSPS) is 10.6. The summed E-state index contributed by atoms with van der Waals surface area (Å²) in [5.41, 5.74) is 0. The molecule has 0 aliphatic carbocycles. The summed E-state index contributed by atoms with van der Waals surface area (Å²) in [5, 5.41) is 8.49. The minimum Gasteiger partial charge on any atom is -0.478 e. The molecule has 0 radical (unpaired) electrons. The first-order chi connectivity index (χ1) is 8.13. The molecule has 0 atom stereocenters. The largest absolute Gasteiger partial charge is 0.478 e. The number of carboxylic acids is 1. The molecule has 0 aliphatic rings. The van der Waals surface area contributed by atoms with E-state index in [1.54, 1.807) is 23.9 Å². The van der Waals surface area contributed by atoms with Crippen molar-refractivity contribution in [2.24, 2.45) is 0 Å². The smallest absolute Gasteiger partial charge is 0.328 e. The summed E-state index contributed by atoms with van der Waals surface area (Å²) in [5.74, 6) is -0.823. The summed E-state index contributed by atoms with van der Waals surface area (Å²) >= 11 is 0. The van der Waals surface area contributed by atoms with Gasteiger partial charge in [0.2, 0.25) is 0 Å². The lowest BCUT2D eigenvalue weighted by atomic mass is 10.4. The lowest BCUT2D eigenvalue weighted by Crippen LogP contribution is -2.09. The monoisotopic (exact) mass is 238 g/mol. The fourth-order valence-electron chi connectivity index (χ4n) is 1.26. The second kappa shape index (κ2) is 6.47. The highest BCUT2D eigenvalue weighted by Gasteiger charge is 2.04. The van der Waals surface area contributed by atoms with Gasteiger partial charge in [0.1, 0.15) is 5.82 Å². The molecule has 6 nitrogen and oxygen atoms in total. The number of imidazole rings is 1. The summed E-state index contributed by atoms with van der Waals surface area (Å²) in [6, 6.07) is 0. The van der Waals surface area contributed by atoms with Crippen LogP contribution in [0.4, 0.5) is 0 Å². The Bertz CT molecular complexity index is 423. The van der Waals surface area contributed by atoms with Gasteiger partial charge in [-0.2, -0.15) is 0 Å². The maximum absolute atomic E-state index is 11.1. The average Bonchev–Trinajstić information content (AvgIpc) is 2.71. The summed E-state index contributed by atoms with van der Waals surface area (Å²) in [6.07, 6.45) is 5.85. The molecule has 92 valence electrons. The van der Waals surface area contributed by atoms with Gasteiger partial charge in [-0.25, -0.2) is 9.78 Å². The Labute approximate surface area is 98.5 Å². The maximum atomic E-state index is 11.1. The van der Waals surface area contributed by atoms with Crippen molar-refractivity contribution >= 4 is 18.0 Å². The molecule has 0 fully saturated rings. The predicted octanol–water partition coefficient (Wildman–Crippen LogP) is 0.934. The van der Waals surface area contributed by atoms with E-state index >= 15 is 0 Å². The Morgan fingerprint density at radius 1 is 1.59 bits per heavy atom. The molecular formula is C11H14N2O4. The molecule has 0 spiro atoms. The number of carbonyl (C=O) groups excluding carboxylic acids is 1. The van der Waals surface area contributed by atoms with Crippen LogP contribution in [0.1, 0.15) is 19.2 Å². The van der Waals surface area contributed by atoms with Crippen LogP contribution in [-0.4, -0.2) is 33.2 Å². The van der Waals surface area contributed by atoms with Gasteiger partial charge in [0.25, 0.3) is 0 Å². The van der Waals surface area contributed by atoms with E-state index in [2.05, 4.69) is 4.98 Å². The lowest BCUT2D eigenvalue weighted by Gasteiger charge is -2.04. The van der Waals surface area contributed by atoms with Crippen molar-refractivity contribution in [3.8, 4) is 0 Å². The van der Waals surface area contributed by atoms with Crippen LogP contribution in [0.3, 0.4) is 0 Å². The summed E-state index contributed by atoms with van der Waals surface area (Å²) in [7, 11) is 0. The molecule has 0 unspecified atom stereocenters. The van der Waals surface area contributed by atoms with Crippen molar-refractivity contribution in [3.63, 3.8) is 0 Å². The third-order valence-electron chi connectivity index (χ3n) is 1.98. The molecule has 0 amide bonds. The number of ether oxygens (including phenoxy) is 1. The number of aliphatic carboxylic acids is 1. The Morgan fingerprint density at radius 2 is 2.35 bits per heavy atom. The number of hydrogen-bond acceptors (Lipinski definition) is 4. The van der Waals surface area contributed by atoms with Crippen molar-refractivity contribution in [3.05, 3.63) is 24.3 Å². The summed E-state index contributed by atoms with van der Waals surface area (Å²) in [4.78, 5) is 25.5. The van der Waals surface area contributed by atoms with E-state index in [4.69, 9.17) is 9.84 Å². The second-order valence-electron chi connectivity index (χ2n) is 3.21. The van der Waals surface area contributed by atoms with Crippen molar-refractivity contribution in [2.75, 3.05) is 6.61 Å². The Morgan fingerprint density at radius 3 is 3.00 bits per heavy atom. The van der Waals surface area contributed by atoms with Gasteiger partial charge in [0.15, 0.2) is 0 Å². The van der Waals surface area contributed by atoms with Crippen LogP contribution in [0.2, 0.25) is 0 Å². The highest BCUT2D eigenvalue weighted by atomic mass is 16.5. The zero-order chi connectivity index (χ0) is 12.7. The number of aromatic nitrogens is 2. The predicted molar refractivity (Wildman–Crippen MR) is 60.1 cm³/mol. The number of esters is 1. The molecule has 0 aliphatic heterocycles. The van der Waals surface area contributed by atoms with Crippen LogP contribution in [0.5, 0.6) is 0 Å². The second-order valence-corrected chi connectivity index (χ2v) is 3.21. The number of carboxylic acid groups (broad SMARTS) is 1. The van der Waals surface area contributed by atoms with Crippen LogP contribution < -0.4 is 0 Å². The highest BCUT2D eigenvalue weighted by molar-refractivity contribution is 5.84. The highest BCUT2D eigenvalue weighted by Crippen LogP contribution is 2.02. The number of nitrogens with zero attached hydrogens (tertiary/aromatic N) is 2. The maximum Gasteiger partial charge on any atom is 0.328 e. The van der Waals surface area contributed by atoms with E-state index in [-0.39, 0.29) is 12.4 Å². The third-order valence-corrected chi connectivity index (χ3v) is 1.98. The van der Waals surface area contributed by atoms with Gasteiger partial charge in [-0.3, -0.25) is 4.79 Å². The molecule has 1 heterocycles. The first-order valence-corrected chi connectivity index (χ1v) is 5.21. The zero-order valence-corrected chi connectivity index (χ0v) is 9.50. The molecule has 1 N–H and O–H groups in total. The van der Waals surface area contributed by atoms with Gasteiger partial charge in [-0.1, -0.05) is 0 Å². The van der Waals surface area contributed by atoms with Gasteiger partial charge in [0, 0.05) is 25.0 Å². The summed E-state index contributed by atoms with van der Waals surface area (Å²) in [6.45, 7) is 2.52. The molecule has 0 saturated carbocycles.